The lowest BCUT2D eigenvalue weighted by Gasteiger charge is -2.08. The van der Waals surface area contributed by atoms with Crippen LogP contribution in [0.15, 0.2) is 24.3 Å². The molecule has 0 spiro atoms. The van der Waals surface area contributed by atoms with E-state index in [1.54, 1.807) is 0 Å². The van der Waals surface area contributed by atoms with Gasteiger partial charge in [0.2, 0.25) is 0 Å². The minimum atomic E-state index is -2.79. The van der Waals surface area contributed by atoms with Gasteiger partial charge in [-0.05, 0) is 17.7 Å². The van der Waals surface area contributed by atoms with E-state index >= 15 is 0 Å². The molecule has 1 rings (SSSR count). The fourth-order valence-electron chi connectivity index (χ4n) is 0.995. The van der Waals surface area contributed by atoms with Gasteiger partial charge in [0, 0.05) is 6.42 Å². The molecule has 1 aromatic carbocycles. The van der Waals surface area contributed by atoms with E-state index < -0.39 is 18.3 Å². The van der Waals surface area contributed by atoms with Crippen LogP contribution in [0.3, 0.4) is 0 Å². The third-order valence-corrected chi connectivity index (χ3v) is 1.62. The van der Waals surface area contributed by atoms with E-state index in [2.05, 4.69) is 0 Å². The second kappa shape index (κ2) is 4.28. The Morgan fingerprint density at radius 2 is 2.00 bits per heavy atom. The molecule has 0 saturated carbocycles. The van der Waals surface area contributed by atoms with Gasteiger partial charge in [-0.25, -0.2) is 13.2 Å². The minimum Gasteiger partial charge on any atom is -0.387 e. The number of benzene rings is 1. The van der Waals surface area contributed by atoms with Crippen molar-refractivity contribution in [3.63, 3.8) is 0 Å². The molecule has 0 radical (unpaired) electrons. The fourth-order valence-corrected chi connectivity index (χ4v) is 0.995. The maximum Gasteiger partial charge on any atom is 0.264 e. The van der Waals surface area contributed by atoms with E-state index in [4.69, 9.17) is 5.11 Å². The first-order valence-corrected chi connectivity index (χ1v) is 3.80. The van der Waals surface area contributed by atoms with E-state index in [0.29, 0.717) is 5.56 Å². The molecule has 1 unspecified atom stereocenters. The van der Waals surface area contributed by atoms with Gasteiger partial charge in [0.25, 0.3) is 6.43 Å². The van der Waals surface area contributed by atoms with Crippen molar-refractivity contribution < 1.29 is 18.3 Å². The van der Waals surface area contributed by atoms with Gasteiger partial charge < -0.3 is 5.11 Å². The molecule has 0 heterocycles. The van der Waals surface area contributed by atoms with Gasteiger partial charge in [0.05, 0.1) is 0 Å². The van der Waals surface area contributed by atoms with Crippen LogP contribution in [0.25, 0.3) is 0 Å². The van der Waals surface area contributed by atoms with E-state index in [1.807, 2.05) is 0 Å². The SMILES string of the molecule is OC(Cc1cccc(F)c1)C(F)F. The molecule has 1 N–H and O–H groups in total. The van der Waals surface area contributed by atoms with Crippen molar-refractivity contribution in [3.05, 3.63) is 35.6 Å². The summed E-state index contributed by atoms with van der Waals surface area (Å²) in [5.41, 5.74) is 0.368. The van der Waals surface area contributed by atoms with Gasteiger partial charge in [0.1, 0.15) is 11.9 Å². The molecule has 0 fully saturated rings. The van der Waals surface area contributed by atoms with Crippen LogP contribution in [0.5, 0.6) is 0 Å². The maximum atomic E-state index is 12.5. The first-order chi connectivity index (χ1) is 6.09. The number of aliphatic hydroxyl groups excluding tert-OH is 1. The molecule has 0 aromatic heterocycles. The van der Waals surface area contributed by atoms with Crippen LogP contribution in [-0.4, -0.2) is 17.6 Å². The van der Waals surface area contributed by atoms with Crippen LogP contribution in [0.4, 0.5) is 13.2 Å². The number of rotatable bonds is 3. The van der Waals surface area contributed by atoms with Crippen LogP contribution in [0.1, 0.15) is 5.56 Å². The molecule has 1 atom stereocenters. The third-order valence-electron chi connectivity index (χ3n) is 1.62. The number of hydrogen-bond acceptors (Lipinski definition) is 1. The Labute approximate surface area is 73.8 Å². The molecule has 0 saturated heterocycles. The van der Waals surface area contributed by atoms with Crippen LogP contribution in [-0.2, 0) is 6.42 Å². The van der Waals surface area contributed by atoms with Crippen LogP contribution >= 0.6 is 0 Å². The topological polar surface area (TPSA) is 20.2 Å². The van der Waals surface area contributed by atoms with Crippen molar-refractivity contribution in [3.8, 4) is 0 Å². The van der Waals surface area contributed by atoms with E-state index in [0.717, 1.165) is 6.07 Å². The van der Waals surface area contributed by atoms with Crippen molar-refractivity contribution in [1.82, 2.24) is 0 Å². The molecule has 1 aromatic rings. The van der Waals surface area contributed by atoms with E-state index in [1.165, 1.54) is 18.2 Å². The van der Waals surface area contributed by atoms with Gasteiger partial charge in [-0.1, -0.05) is 12.1 Å². The summed E-state index contributed by atoms with van der Waals surface area (Å²) in [4.78, 5) is 0. The summed E-state index contributed by atoms with van der Waals surface area (Å²) in [5, 5.41) is 8.80. The van der Waals surface area contributed by atoms with Gasteiger partial charge in [-0.2, -0.15) is 0 Å². The smallest absolute Gasteiger partial charge is 0.264 e. The summed E-state index contributed by atoms with van der Waals surface area (Å²) < 4.78 is 36.3. The molecular weight excluding hydrogens is 181 g/mol. The summed E-state index contributed by atoms with van der Waals surface area (Å²) >= 11 is 0. The van der Waals surface area contributed by atoms with Gasteiger partial charge in [-0.15, -0.1) is 0 Å². The Morgan fingerprint density at radius 1 is 1.31 bits per heavy atom. The second-order valence-electron chi connectivity index (χ2n) is 2.74. The van der Waals surface area contributed by atoms with Crippen molar-refractivity contribution >= 4 is 0 Å². The zero-order valence-corrected chi connectivity index (χ0v) is 6.75. The molecule has 72 valence electrons. The Bertz CT molecular complexity index is 275. The highest BCUT2D eigenvalue weighted by molar-refractivity contribution is 5.17. The summed E-state index contributed by atoms with van der Waals surface area (Å²) in [5.74, 6) is -0.487. The molecular formula is C9H9F3O. The van der Waals surface area contributed by atoms with Gasteiger partial charge in [0.15, 0.2) is 0 Å². The first-order valence-electron chi connectivity index (χ1n) is 3.80. The molecule has 4 heteroatoms. The summed E-state index contributed by atoms with van der Waals surface area (Å²) in [6, 6.07) is 5.27. The quantitative estimate of drug-likeness (QED) is 0.772. The van der Waals surface area contributed by atoms with E-state index in [9.17, 15) is 13.2 Å². The number of aliphatic hydroxyl groups is 1. The van der Waals surface area contributed by atoms with Crippen molar-refractivity contribution in [1.29, 1.82) is 0 Å². The number of halogens is 3. The summed E-state index contributed by atoms with van der Waals surface area (Å²) in [6.45, 7) is 0. The van der Waals surface area contributed by atoms with Crippen LogP contribution in [0.2, 0.25) is 0 Å². The Hall–Kier alpha value is -1.03. The second-order valence-corrected chi connectivity index (χ2v) is 2.74. The van der Waals surface area contributed by atoms with E-state index in [-0.39, 0.29) is 6.42 Å². The fraction of sp³-hybridized carbons (Fsp3) is 0.333. The van der Waals surface area contributed by atoms with Gasteiger partial charge >= 0.3 is 0 Å². The molecule has 0 aliphatic carbocycles. The predicted octanol–water partition coefficient (Wildman–Crippen LogP) is 1.99. The zero-order valence-electron chi connectivity index (χ0n) is 6.75. The Morgan fingerprint density at radius 3 is 2.54 bits per heavy atom. The third kappa shape index (κ3) is 3.06. The highest BCUT2D eigenvalue weighted by atomic mass is 19.3. The highest BCUT2D eigenvalue weighted by Gasteiger charge is 2.16. The monoisotopic (exact) mass is 190 g/mol. The van der Waals surface area contributed by atoms with Crippen molar-refractivity contribution in [2.75, 3.05) is 0 Å². The molecule has 0 aliphatic heterocycles. The molecule has 13 heavy (non-hydrogen) atoms. The molecule has 0 aliphatic rings. The predicted molar refractivity (Wildman–Crippen MR) is 42.1 cm³/mol. The van der Waals surface area contributed by atoms with Crippen molar-refractivity contribution in [2.24, 2.45) is 0 Å². The first kappa shape index (κ1) is 10.1. The average Bonchev–Trinajstić information content (AvgIpc) is 2.04. The highest BCUT2D eigenvalue weighted by Crippen LogP contribution is 2.10. The van der Waals surface area contributed by atoms with Crippen molar-refractivity contribution in [2.45, 2.75) is 19.0 Å². The Balaban J connectivity index is 2.64. The van der Waals surface area contributed by atoms with Crippen LogP contribution in [0, 0.1) is 5.82 Å². The minimum absolute atomic E-state index is 0.227. The Kier molecular flexibility index (Phi) is 3.31. The molecule has 1 nitrogen and oxygen atoms in total. The molecule has 0 amide bonds. The standard InChI is InChI=1S/C9H9F3O/c10-7-3-1-2-6(4-7)5-8(13)9(11)12/h1-4,8-9,13H,5H2. The number of alkyl halides is 2. The lowest BCUT2D eigenvalue weighted by atomic mass is 10.1. The lowest BCUT2D eigenvalue weighted by Crippen LogP contribution is -2.20. The van der Waals surface area contributed by atoms with Crippen LogP contribution < -0.4 is 0 Å². The normalized spacial score (nSPS) is 13.3. The summed E-state index contributed by atoms with van der Waals surface area (Å²) in [7, 11) is 0. The lowest BCUT2D eigenvalue weighted by molar-refractivity contribution is -0.00368. The summed E-state index contributed by atoms with van der Waals surface area (Å²) in [6.07, 6.45) is -4.74. The largest absolute Gasteiger partial charge is 0.387 e. The average molecular weight is 190 g/mol. The maximum absolute atomic E-state index is 12.5. The zero-order chi connectivity index (χ0) is 9.84. The molecule has 0 bridgehead atoms. The van der Waals surface area contributed by atoms with Gasteiger partial charge in [-0.3, -0.25) is 0 Å². The number of hydrogen-bond donors (Lipinski definition) is 1.